The van der Waals surface area contributed by atoms with E-state index in [0.717, 1.165) is 12.5 Å². The minimum absolute atomic E-state index is 0.142. The van der Waals surface area contributed by atoms with E-state index in [1.807, 2.05) is 6.92 Å². The molecule has 0 radical (unpaired) electrons. The molecule has 3 heterocycles. The van der Waals surface area contributed by atoms with Crippen molar-refractivity contribution in [1.82, 2.24) is 9.80 Å². The van der Waals surface area contributed by atoms with Crippen molar-refractivity contribution >= 4 is 17.6 Å². The Morgan fingerprint density at radius 3 is 2.71 bits per heavy atom. The van der Waals surface area contributed by atoms with Crippen LogP contribution in [0.25, 0.3) is 0 Å². The third kappa shape index (κ3) is 2.03. The van der Waals surface area contributed by atoms with E-state index in [1.165, 1.54) is 17.0 Å². The zero-order chi connectivity index (χ0) is 17.1. The highest BCUT2D eigenvalue weighted by Gasteiger charge is 2.58. The molecule has 3 amide bonds. The maximum absolute atomic E-state index is 14.0. The molecule has 0 aliphatic carbocycles. The molecule has 0 aromatic heterocycles. The zero-order valence-corrected chi connectivity index (χ0v) is 13.5. The number of nitrogens with zero attached hydrogens (tertiary/aromatic N) is 3. The SMILES string of the molecule is C[C@@]12CCCN1C(=O)N([C@@H]1CCN(c3ccc(F)cc3F)C1)C2=O. The van der Waals surface area contributed by atoms with Crippen LogP contribution in [0.5, 0.6) is 0 Å². The molecule has 3 fully saturated rings. The Bertz CT molecular complexity index is 726. The minimum atomic E-state index is -0.717. The largest absolute Gasteiger partial charge is 0.367 e. The van der Waals surface area contributed by atoms with Crippen molar-refractivity contribution in [1.29, 1.82) is 0 Å². The van der Waals surface area contributed by atoms with E-state index in [-0.39, 0.29) is 18.0 Å². The van der Waals surface area contributed by atoms with Gasteiger partial charge in [0, 0.05) is 25.7 Å². The Balaban J connectivity index is 1.55. The average molecular weight is 335 g/mol. The number of hydrogen-bond acceptors (Lipinski definition) is 3. The van der Waals surface area contributed by atoms with E-state index in [0.29, 0.717) is 38.2 Å². The van der Waals surface area contributed by atoms with Gasteiger partial charge < -0.3 is 9.80 Å². The molecule has 0 unspecified atom stereocenters. The van der Waals surface area contributed by atoms with Crippen LogP contribution in [0.1, 0.15) is 26.2 Å². The van der Waals surface area contributed by atoms with E-state index < -0.39 is 17.2 Å². The maximum atomic E-state index is 14.0. The summed E-state index contributed by atoms with van der Waals surface area (Å²) in [5, 5.41) is 0. The van der Waals surface area contributed by atoms with Gasteiger partial charge in [0.1, 0.15) is 17.2 Å². The maximum Gasteiger partial charge on any atom is 0.327 e. The lowest BCUT2D eigenvalue weighted by atomic mass is 9.99. The van der Waals surface area contributed by atoms with Crippen molar-refractivity contribution in [3.63, 3.8) is 0 Å². The molecule has 0 spiro atoms. The highest BCUT2D eigenvalue weighted by Crippen LogP contribution is 2.39. The number of hydrogen-bond donors (Lipinski definition) is 0. The summed E-state index contributed by atoms with van der Waals surface area (Å²) in [5.41, 5.74) is -0.407. The fourth-order valence-corrected chi connectivity index (χ4v) is 4.20. The Morgan fingerprint density at radius 2 is 2.00 bits per heavy atom. The molecule has 4 rings (SSSR count). The van der Waals surface area contributed by atoms with Gasteiger partial charge in [-0.1, -0.05) is 0 Å². The molecule has 3 aliphatic rings. The molecule has 0 N–H and O–H groups in total. The summed E-state index contributed by atoms with van der Waals surface area (Å²) < 4.78 is 27.0. The molecule has 0 saturated carbocycles. The van der Waals surface area contributed by atoms with Gasteiger partial charge in [0.15, 0.2) is 0 Å². The summed E-state index contributed by atoms with van der Waals surface area (Å²) in [4.78, 5) is 30.2. The molecule has 128 valence electrons. The number of carbonyl (C=O) groups is 2. The first-order chi connectivity index (χ1) is 11.4. The van der Waals surface area contributed by atoms with Crippen LogP contribution < -0.4 is 4.90 Å². The lowest BCUT2D eigenvalue weighted by Crippen LogP contribution is -2.45. The third-order valence-electron chi connectivity index (χ3n) is 5.54. The first-order valence-electron chi connectivity index (χ1n) is 8.27. The number of amides is 3. The van der Waals surface area contributed by atoms with Gasteiger partial charge in [-0.25, -0.2) is 13.6 Å². The van der Waals surface area contributed by atoms with Gasteiger partial charge in [-0.2, -0.15) is 0 Å². The van der Waals surface area contributed by atoms with Gasteiger partial charge in [-0.05, 0) is 38.3 Å². The summed E-state index contributed by atoms with van der Waals surface area (Å²) >= 11 is 0. The molecular formula is C17H19F2N3O2. The van der Waals surface area contributed by atoms with Crippen molar-refractivity contribution in [3.05, 3.63) is 29.8 Å². The number of rotatable bonds is 2. The Morgan fingerprint density at radius 1 is 1.21 bits per heavy atom. The predicted octanol–water partition coefficient (Wildman–Crippen LogP) is 2.36. The predicted molar refractivity (Wildman–Crippen MR) is 83.6 cm³/mol. The number of halogens is 2. The van der Waals surface area contributed by atoms with Crippen LogP contribution in [0.4, 0.5) is 19.3 Å². The Labute approximate surface area is 138 Å². The molecule has 1 aromatic carbocycles. The van der Waals surface area contributed by atoms with Crippen molar-refractivity contribution in [3.8, 4) is 0 Å². The standard InChI is InChI=1S/C17H19F2N3O2/c1-17-6-2-7-21(17)16(24)22(15(17)23)12-5-8-20(10-12)14-4-3-11(18)9-13(14)19/h3-4,9,12H,2,5-8,10H2,1H3/t12-,17+/m1/s1. The Hall–Kier alpha value is -2.18. The summed E-state index contributed by atoms with van der Waals surface area (Å²) in [6.45, 7) is 3.35. The van der Waals surface area contributed by atoms with Crippen LogP contribution in [0.3, 0.4) is 0 Å². The van der Waals surface area contributed by atoms with Gasteiger partial charge in [0.05, 0.1) is 11.7 Å². The molecule has 0 bridgehead atoms. The average Bonchev–Trinajstić information content (AvgIpc) is 3.18. The van der Waals surface area contributed by atoms with E-state index in [4.69, 9.17) is 0 Å². The summed E-state index contributed by atoms with van der Waals surface area (Å²) in [5.74, 6) is -1.39. The van der Waals surface area contributed by atoms with Crippen LogP contribution in [0.15, 0.2) is 18.2 Å². The smallest absolute Gasteiger partial charge is 0.327 e. The number of benzene rings is 1. The molecule has 3 aliphatic heterocycles. The quantitative estimate of drug-likeness (QED) is 0.780. The van der Waals surface area contributed by atoms with E-state index in [1.54, 1.807) is 9.80 Å². The van der Waals surface area contributed by atoms with E-state index in [2.05, 4.69) is 0 Å². The molecule has 5 nitrogen and oxygen atoms in total. The number of carbonyl (C=O) groups excluding carboxylic acids is 2. The normalized spacial score (nSPS) is 29.8. The molecule has 24 heavy (non-hydrogen) atoms. The number of imide groups is 1. The second kappa shape index (κ2) is 5.16. The highest BCUT2D eigenvalue weighted by molar-refractivity contribution is 6.07. The van der Waals surface area contributed by atoms with Gasteiger partial charge in [-0.3, -0.25) is 9.69 Å². The van der Waals surface area contributed by atoms with Crippen LogP contribution in [0.2, 0.25) is 0 Å². The van der Waals surface area contributed by atoms with Gasteiger partial charge >= 0.3 is 6.03 Å². The lowest BCUT2D eigenvalue weighted by Gasteiger charge is -2.24. The van der Waals surface area contributed by atoms with E-state index >= 15 is 0 Å². The second-order valence-electron chi connectivity index (χ2n) is 6.97. The molecule has 7 heteroatoms. The molecule has 3 saturated heterocycles. The van der Waals surface area contributed by atoms with Crippen LogP contribution in [0, 0.1) is 11.6 Å². The number of fused-ring (bicyclic) bond motifs is 1. The third-order valence-corrected chi connectivity index (χ3v) is 5.54. The first kappa shape index (κ1) is 15.4. The highest BCUT2D eigenvalue weighted by atomic mass is 19.1. The van der Waals surface area contributed by atoms with Gasteiger partial charge in [0.25, 0.3) is 5.91 Å². The van der Waals surface area contributed by atoms with Crippen molar-refractivity contribution in [2.24, 2.45) is 0 Å². The van der Waals surface area contributed by atoms with E-state index in [9.17, 15) is 18.4 Å². The second-order valence-corrected chi connectivity index (χ2v) is 6.97. The monoisotopic (exact) mass is 335 g/mol. The summed E-state index contributed by atoms with van der Waals surface area (Å²) in [7, 11) is 0. The molecule has 2 atom stereocenters. The van der Waals surface area contributed by atoms with Gasteiger partial charge in [-0.15, -0.1) is 0 Å². The lowest BCUT2D eigenvalue weighted by molar-refractivity contribution is -0.133. The molecular weight excluding hydrogens is 316 g/mol. The summed E-state index contributed by atoms with van der Waals surface area (Å²) in [6.07, 6.45) is 2.13. The topological polar surface area (TPSA) is 43.9 Å². The fraction of sp³-hybridized carbons (Fsp3) is 0.529. The Kier molecular flexibility index (Phi) is 3.30. The van der Waals surface area contributed by atoms with Crippen molar-refractivity contribution in [2.75, 3.05) is 24.5 Å². The van der Waals surface area contributed by atoms with Crippen LogP contribution >= 0.6 is 0 Å². The first-order valence-corrected chi connectivity index (χ1v) is 8.27. The van der Waals surface area contributed by atoms with Gasteiger partial charge in [0.2, 0.25) is 0 Å². The van der Waals surface area contributed by atoms with Crippen LogP contribution in [-0.4, -0.2) is 53.0 Å². The fourth-order valence-electron chi connectivity index (χ4n) is 4.20. The molecule has 1 aromatic rings. The van der Waals surface area contributed by atoms with Crippen molar-refractivity contribution < 1.29 is 18.4 Å². The zero-order valence-electron chi connectivity index (χ0n) is 13.5. The summed E-state index contributed by atoms with van der Waals surface area (Å²) in [6, 6.07) is 2.98. The minimum Gasteiger partial charge on any atom is -0.367 e. The van der Waals surface area contributed by atoms with Crippen molar-refractivity contribution in [2.45, 2.75) is 37.8 Å². The number of urea groups is 1. The van der Waals surface area contributed by atoms with Crippen LogP contribution in [-0.2, 0) is 4.79 Å². The number of anilines is 1.